The third kappa shape index (κ3) is 1.43. The van der Waals surface area contributed by atoms with E-state index in [1.54, 1.807) is 31.5 Å². The second-order valence-corrected chi connectivity index (χ2v) is 2.80. The van der Waals surface area contributed by atoms with Gasteiger partial charge >= 0.3 is 0 Å². The molecule has 0 saturated carbocycles. The number of primary amides is 1. The maximum Gasteiger partial charge on any atom is 0.241 e. The molecule has 1 heterocycles. The van der Waals surface area contributed by atoms with Gasteiger partial charge in [-0.3, -0.25) is 9.78 Å². The minimum absolute atomic E-state index is 0.547. The molecule has 0 aliphatic carbocycles. The van der Waals surface area contributed by atoms with Crippen LogP contribution in [-0.4, -0.2) is 10.9 Å². The van der Waals surface area contributed by atoms with Crippen LogP contribution in [0.2, 0.25) is 0 Å². The fourth-order valence-electron chi connectivity index (χ4n) is 0.840. The van der Waals surface area contributed by atoms with Crippen LogP contribution in [-0.2, 0) is 10.3 Å². The second-order valence-electron chi connectivity index (χ2n) is 2.80. The Balaban J connectivity index is 3.06. The summed E-state index contributed by atoms with van der Waals surface area (Å²) in [6, 6.07) is 3.34. The summed E-state index contributed by atoms with van der Waals surface area (Å²) in [4.78, 5) is 14.7. The van der Waals surface area contributed by atoms with E-state index in [2.05, 4.69) is 4.98 Å². The Morgan fingerprint density at radius 1 is 1.50 bits per heavy atom. The Morgan fingerprint density at radius 3 is 2.42 bits per heavy atom. The van der Waals surface area contributed by atoms with Gasteiger partial charge in [0.25, 0.3) is 0 Å². The number of carbonyl (C=O) groups excluding carboxylic acids is 1. The predicted octanol–water partition coefficient (Wildman–Crippen LogP) is -0.259. The molecule has 0 aliphatic heterocycles. The molecule has 0 aromatic carbocycles. The van der Waals surface area contributed by atoms with Crippen LogP contribution in [0.25, 0.3) is 0 Å². The van der Waals surface area contributed by atoms with E-state index in [4.69, 9.17) is 11.5 Å². The number of nitrogens with zero attached hydrogens (tertiary/aromatic N) is 1. The van der Waals surface area contributed by atoms with Crippen LogP contribution in [0, 0.1) is 0 Å². The third-order valence-electron chi connectivity index (χ3n) is 1.79. The van der Waals surface area contributed by atoms with E-state index >= 15 is 0 Å². The van der Waals surface area contributed by atoms with Gasteiger partial charge in [0.15, 0.2) is 0 Å². The Hall–Kier alpha value is -1.42. The molecule has 0 aliphatic rings. The number of amides is 1. The van der Waals surface area contributed by atoms with Crippen molar-refractivity contribution in [2.75, 3.05) is 0 Å². The van der Waals surface area contributed by atoms with Gasteiger partial charge in [-0.1, -0.05) is 0 Å². The zero-order valence-electron chi connectivity index (χ0n) is 6.82. The number of carbonyl (C=O) groups is 1. The molecule has 0 fully saturated rings. The van der Waals surface area contributed by atoms with E-state index in [0.29, 0.717) is 5.56 Å². The molecule has 12 heavy (non-hydrogen) atoms. The zero-order valence-corrected chi connectivity index (χ0v) is 6.82. The fourth-order valence-corrected chi connectivity index (χ4v) is 0.840. The summed E-state index contributed by atoms with van der Waals surface area (Å²) >= 11 is 0. The predicted molar refractivity (Wildman–Crippen MR) is 45.0 cm³/mol. The molecule has 0 saturated heterocycles. The van der Waals surface area contributed by atoms with Gasteiger partial charge in [-0.2, -0.15) is 0 Å². The highest BCUT2D eigenvalue weighted by atomic mass is 16.1. The summed E-state index contributed by atoms with van der Waals surface area (Å²) in [5.41, 5.74) is 10.4. The van der Waals surface area contributed by atoms with Crippen molar-refractivity contribution < 1.29 is 4.79 Å². The second kappa shape index (κ2) is 2.91. The standard InChI is InChI=1S/C8H11N3O/c1-8(10,7(9)12)6-2-4-11-5-3-6/h2-5H,10H2,1H3,(H2,9,12)/t8-/m1/s1. The maximum absolute atomic E-state index is 10.9. The first-order valence-electron chi connectivity index (χ1n) is 3.54. The molecule has 64 valence electrons. The zero-order chi connectivity index (χ0) is 9.19. The van der Waals surface area contributed by atoms with Gasteiger partial charge in [-0.05, 0) is 24.6 Å². The molecular weight excluding hydrogens is 154 g/mol. The maximum atomic E-state index is 10.9. The van der Waals surface area contributed by atoms with Gasteiger partial charge in [0.2, 0.25) is 5.91 Å². The van der Waals surface area contributed by atoms with Crippen LogP contribution < -0.4 is 11.5 Å². The van der Waals surface area contributed by atoms with E-state index in [1.165, 1.54) is 0 Å². The van der Waals surface area contributed by atoms with E-state index in [1.807, 2.05) is 0 Å². The Labute approximate surface area is 70.6 Å². The summed E-state index contributed by atoms with van der Waals surface area (Å²) in [5, 5.41) is 0. The molecule has 1 aromatic heterocycles. The van der Waals surface area contributed by atoms with Crippen LogP contribution >= 0.6 is 0 Å². The van der Waals surface area contributed by atoms with E-state index in [0.717, 1.165) is 0 Å². The van der Waals surface area contributed by atoms with Crippen LogP contribution in [0.15, 0.2) is 24.5 Å². The SMILES string of the molecule is C[C@](N)(C(N)=O)c1ccncc1. The molecule has 0 unspecified atom stereocenters. The molecule has 0 radical (unpaired) electrons. The number of nitrogens with two attached hydrogens (primary N) is 2. The van der Waals surface area contributed by atoms with Gasteiger partial charge in [-0.15, -0.1) is 0 Å². The van der Waals surface area contributed by atoms with E-state index < -0.39 is 11.4 Å². The highest BCUT2D eigenvalue weighted by Crippen LogP contribution is 2.15. The molecule has 4 heteroatoms. The van der Waals surface area contributed by atoms with Gasteiger partial charge in [0.05, 0.1) is 0 Å². The van der Waals surface area contributed by atoms with Crippen LogP contribution in [0.3, 0.4) is 0 Å². The molecule has 1 aromatic rings. The summed E-state index contributed by atoms with van der Waals surface area (Å²) in [6.45, 7) is 1.57. The van der Waals surface area contributed by atoms with Gasteiger partial charge in [0, 0.05) is 12.4 Å². The number of aromatic nitrogens is 1. The minimum Gasteiger partial charge on any atom is -0.368 e. The van der Waals surface area contributed by atoms with Crippen molar-refractivity contribution in [2.45, 2.75) is 12.5 Å². The first kappa shape index (κ1) is 8.67. The average Bonchev–Trinajstić information content (AvgIpc) is 2.06. The monoisotopic (exact) mass is 165 g/mol. The van der Waals surface area contributed by atoms with Crippen molar-refractivity contribution in [1.82, 2.24) is 4.98 Å². The number of hydrogen-bond donors (Lipinski definition) is 2. The van der Waals surface area contributed by atoms with Crippen LogP contribution in [0.5, 0.6) is 0 Å². The highest BCUT2D eigenvalue weighted by molar-refractivity contribution is 5.85. The topological polar surface area (TPSA) is 82.0 Å². The number of rotatable bonds is 2. The Morgan fingerprint density at radius 2 is 2.00 bits per heavy atom. The third-order valence-corrected chi connectivity index (χ3v) is 1.79. The molecule has 4 nitrogen and oxygen atoms in total. The lowest BCUT2D eigenvalue weighted by atomic mass is 9.94. The normalized spacial score (nSPS) is 15.2. The summed E-state index contributed by atoms with van der Waals surface area (Å²) < 4.78 is 0. The smallest absolute Gasteiger partial charge is 0.241 e. The largest absolute Gasteiger partial charge is 0.368 e. The van der Waals surface area contributed by atoms with Gasteiger partial charge in [-0.25, -0.2) is 0 Å². The quantitative estimate of drug-likeness (QED) is 0.633. The average molecular weight is 165 g/mol. The minimum atomic E-state index is -1.11. The molecule has 1 rings (SSSR count). The molecule has 1 atom stereocenters. The molecule has 1 amide bonds. The van der Waals surface area contributed by atoms with Gasteiger partial charge in [0.1, 0.15) is 5.54 Å². The summed E-state index contributed by atoms with van der Waals surface area (Å²) in [7, 11) is 0. The van der Waals surface area contributed by atoms with Crippen molar-refractivity contribution in [3.05, 3.63) is 30.1 Å². The molecular formula is C8H11N3O. The van der Waals surface area contributed by atoms with Crippen LogP contribution in [0.1, 0.15) is 12.5 Å². The lowest BCUT2D eigenvalue weighted by Gasteiger charge is -2.20. The van der Waals surface area contributed by atoms with Gasteiger partial charge < -0.3 is 11.5 Å². The van der Waals surface area contributed by atoms with Crippen molar-refractivity contribution in [3.63, 3.8) is 0 Å². The molecule has 0 spiro atoms. The highest BCUT2D eigenvalue weighted by Gasteiger charge is 2.27. The lowest BCUT2D eigenvalue weighted by molar-refractivity contribution is -0.122. The number of hydrogen-bond acceptors (Lipinski definition) is 3. The summed E-state index contributed by atoms with van der Waals surface area (Å²) in [6.07, 6.45) is 3.15. The molecule has 0 bridgehead atoms. The first-order chi connectivity index (χ1) is 5.55. The molecule has 4 N–H and O–H groups in total. The van der Waals surface area contributed by atoms with Crippen molar-refractivity contribution in [2.24, 2.45) is 11.5 Å². The van der Waals surface area contributed by atoms with Crippen molar-refractivity contribution in [3.8, 4) is 0 Å². The number of pyridine rings is 1. The van der Waals surface area contributed by atoms with E-state index in [9.17, 15) is 4.79 Å². The van der Waals surface area contributed by atoms with Crippen molar-refractivity contribution >= 4 is 5.91 Å². The fraction of sp³-hybridized carbons (Fsp3) is 0.250. The first-order valence-corrected chi connectivity index (χ1v) is 3.54. The Bertz CT molecular complexity index is 282. The van der Waals surface area contributed by atoms with Crippen LogP contribution in [0.4, 0.5) is 0 Å². The van der Waals surface area contributed by atoms with Crippen molar-refractivity contribution in [1.29, 1.82) is 0 Å². The summed E-state index contributed by atoms with van der Waals surface area (Å²) in [5.74, 6) is -0.547. The van der Waals surface area contributed by atoms with E-state index in [-0.39, 0.29) is 0 Å². The lowest BCUT2D eigenvalue weighted by Crippen LogP contribution is -2.46. The Kier molecular flexibility index (Phi) is 2.10.